The zero-order valence-electron chi connectivity index (χ0n) is 16.3. The highest BCUT2D eigenvalue weighted by atomic mass is 32.2. The smallest absolute Gasteiger partial charge is 0.419 e. The van der Waals surface area contributed by atoms with E-state index in [1.54, 1.807) is 0 Å². The third kappa shape index (κ3) is 5.07. The molecular formula is C20H17F6NO4S. The lowest BCUT2D eigenvalue weighted by Crippen LogP contribution is -2.41. The van der Waals surface area contributed by atoms with Gasteiger partial charge in [-0.1, -0.05) is 24.3 Å². The minimum atomic E-state index is -4.88. The first-order valence-corrected chi connectivity index (χ1v) is 10.8. The van der Waals surface area contributed by atoms with Crippen LogP contribution in [-0.4, -0.2) is 31.8 Å². The Morgan fingerprint density at radius 3 is 1.91 bits per heavy atom. The summed E-state index contributed by atoms with van der Waals surface area (Å²) >= 11 is 0. The molecule has 12 heteroatoms. The van der Waals surface area contributed by atoms with Crippen molar-refractivity contribution in [3.63, 3.8) is 0 Å². The largest absolute Gasteiger partial charge is 0.426 e. The summed E-state index contributed by atoms with van der Waals surface area (Å²) in [6.07, 6.45) is -9.83. The molecule has 0 spiro atoms. The van der Waals surface area contributed by atoms with E-state index in [0.717, 1.165) is 34.6 Å². The molecule has 2 aromatic rings. The predicted octanol–water partition coefficient (Wildman–Crippen LogP) is 4.73. The summed E-state index contributed by atoms with van der Waals surface area (Å²) in [6.45, 7) is -0.565. The van der Waals surface area contributed by atoms with Crippen molar-refractivity contribution < 1.29 is 44.3 Å². The Bertz CT molecular complexity index is 1090. The Hall–Kier alpha value is -2.60. The molecule has 0 bridgehead atoms. The molecule has 0 aromatic heterocycles. The maximum atomic E-state index is 13.2. The number of nitrogens with zero attached hydrogens (tertiary/aromatic N) is 1. The Balaban J connectivity index is 1.72. The number of piperidine rings is 1. The topological polar surface area (TPSA) is 63.7 Å². The van der Waals surface area contributed by atoms with Gasteiger partial charge in [0, 0.05) is 13.1 Å². The van der Waals surface area contributed by atoms with Gasteiger partial charge < -0.3 is 4.74 Å². The number of carbonyl (C=O) groups excluding carboxylic acids is 1. The molecule has 1 heterocycles. The van der Waals surface area contributed by atoms with E-state index in [1.807, 2.05) is 0 Å². The number of esters is 1. The minimum Gasteiger partial charge on any atom is -0.426 e. The van der Waals surface area contributed by atoms with Gasteiger partial charge in [-0.3, -0.25) is 4.79 Å². The van der Waals surface area contributed by atoms with Crippen LogP contribution in [-0.2, 0) is 27.2 Å². The Kier molecular flexibility index (Phi) is 6.57. The molecule has 0 atom stereocenters. The fourth-order valence-electron chi connectivity index (χ4n) is 3.38. The molecule has 0 radical (unpaired) electrons. The van der Waals surface area contributed by atoms with Crippen molar-refractivity contribution in [3.05, 3.63) is 59.7 Å². The number of hydrogen-bond acceptors (Lipinski definition) is 4. The number of carbonyl (C=O) groups is 1. The Labute approximate surface area is 179 Å². The summed E-state index contributed by atoms with van der Waals surface area (Å²) in [7, 11) is -4.50. The lowest BCUT2D eigenvalue weighted by Gasteiger charge is -2.30. The molecule has 0 aliphatic carbocycles. The van der Waals surface area contributed by atoms with Crippen LogP contribution in [0.5, 0.6) is 5.75 Å². The third-order valence-corrected chi connectivity index (χ3v) is 6.96. The van der Waals surface area contributed by atoms with E-state index in [1.165, 1.54) is 12.1 Å². The molecule has 5 nitrogen and oxygen atoms in total. The molecule has 174 valence electrons. The van der Waals surface area contributed by atoms with Crippen molar-refractivity contribution >= 4 is 16.0 Å². The van der Waals surface area contributed by atoms with E-state index in [4.69, 9.17) is 4.74 Å². The van der Waals surface area contributed by atoms with Crippen LogP contribution < -0.4 is 4.74 Å². The summed E-state index contributed by atoms with van der Waals surface area (Å²) in [5.41, 5.74) is -2.43. The van der Waals surface area contributed by atoms with Gasteiger partial charge in [0.2, 0.25) is 10.0 Å². The predicted molar refractivity (Wildman–Crippen MR) is 100 cm³/mol. The summed E-state index contributed by atoms with van der Waals surface area (Å²) in [4.78, 5) is 11.5. The van der Waals surface area contributed by atoms with Gasteiger partial charge in [0.05, 0.1) is 21.9 Å². The first-order chi connectivity index (χ1) is 14.8. The highest BCUT2D eigenvalue weighted by Gasteiger charge is 2.41. The molecule has 3 rings (SSSR count). The highest BCUT2D eigenvalue weighted by molar-refractivity contribution is 7.89. The van der Waals surface area contributed by atoms with Gasteiger partial charge in [-0.05, 0) is 37.1 Å². The summed E-state index contributed by atoms with van der Waals surface area (Å²) in [5, 5.41) is 0. The van der Waals surface area contributed by atoms with E-state index in [9.17, 15) is 39.6 Å². The maximum absolute atomic E-state index is 13.2. The van der Waals surface area contributed by atoms with Gasteiger partial charge in [-0.2, -0.15) is 30.6 Å². The maximum Gasteiger partial charge on any atom is 0.419 e. The Morgan fingerprint density at radius 2 is 1.34 bits per heavy atom. The second-order valence-electron chi connectivity index (χ2n) is 7.09. The quantitative estimate of drug-likeness (QED) is 0.360. The summed E-state index contributed by atoms with van der Waals surface area (Å²) in [5.74, 6) is -2.53. The van der Waals surface area contributed by atoms with Gasteiger partial charge in [0.25, 0.3) is 0 Å². The molecular weight excluding hydrogens is 464 g/mol. The number of benzene rings is 2. The number of para-hydroxylation sites is 1. The van der Waals surface area contributed by atoms with Crippen molar-refractivity contribution in [1.82, 2.24) is 4.31 Å². The van der Waals surface area contributed by atoms with Crippen molar-refractivity contribution in [2.45, 2.75) is 30.1 Å². The highest BCUT2D eigenvalue weighted by Crippen LogP contribution is 2.38. The molecule has 1 fully saturated rings. The lowest BCUT2D eigenvalue weighted by molar-refractivity contribution is -0.145. The fraction of sp³-hybridized carbons (Fsp3) is 0.350. The van der Waals surface area contributed by atoms with Crippen LogP contribution in [0.1, 0.15) is 24.0 Å². The molecule has 0 N–H and O–H groups in total. The lowest BCUT2D eigenvalue weighted by atomic mass is 9.98. The van der Waals surface area contributed by atoms with E-state index in [-0.39, 0.29) is 25.9 Å². The fourth-order valence-corrected chi connectivity index (χ4v) is 5.06. The van der Waals surface area contributed by atoms with Crippen molar-refractivity contribution in [2.75, 3.05) is 13.1 Å². The number of sulfonamides is 1. The van der Waals surface area contributed by atoms with Crippen LogP contribution in [0.4, 0.5) is 26.3 Å². The molecule has 2 aromatic carbocycles. The van der Waals surface area contributed by atoms with Gasteiger partial charge in [-0.15, -0.1) is 0 Å². The van der Waals surface area contributed by atoms with Crippen LogP contribution in [0.2, 0.25) is 0 Å². The van der Waals surface area contributed by atoms with Crippen LogP contribution in [0.3, 0.4) is 0 Å². The molecule has 1 aliphatic heterocycles. The standard InChI is InChI=1S/C20H17F6NO4S/c21-19(22,23)14-5-1-3-7-16(14)31-18(28)13-9-11-27(12-10-13)32(29,30)17-8-4-2-6-15(17)20(24,25)26/h1-8,13H,9-12H2. The SMILES string of the molecule is O=C(Oc1ccccc1C(F)(F)F)C1CCN(S(=O)(=O)c2ccccc2C(F)(F)F)CC1. The van der Waals surface area contributed by atoms with Gasteiger partial charge in [0.15, 0.2) is 0 Å². The molecule has 1 aliphatic rings. The monoisotopic (exact) mass is 481 g/mol. The molecule has 1 saturated heterocycles. The van der Waals surface area contributed by atoms with Crippen molar-refractivity contribution in [3.8, 4) is 5.75 Å². The van der Waals surface area contributed by atoms with Crippen LogP contribution in [0.15, 0.2) is 53.4 Å². The van der Waals surface area contributed by atoms with Crippen LogP contribution >= 0.6 is 0 Å². The molecule has 0 unspecified atom stereocenters. The number of alkyl halides is 6. The molecule has 0 saturated carbocycles. The number of rotatable bonds is 4. The average molecular weight is 481 g/mol. The van der Waals surface area contributed by atoms with Gasteiger partial charge in [0.1, 0.15) is 5.75 Å². The van der Waals surface area contributed by atoms with E-state index in [0.29, 0.717) is 6.07 Å². The van der Waals surface area contributed by atoms with Crippen molar-refractivity contribution in [1.29, 1.82) is 0 Å². The first kappa shape index (κ1) is 24.1. The second kappa shape index (κ2) is 8.74. The zero-order chi connectivity index (χ0) is 23.7. The molecule has 0 amide bonds. The van der Waals surface area contributed by atoms with Gasteiger partial charge in [-0.25, -0.2) is 8.42 Å². The number of hydrogen-bond donors (Lipinski definition) is 0. The second-order valence-corrected chi connectivity index (χ2v) is 8.99. The number of halogens is 6. The number of ether oxygens (including phenoxy) is 1. The van der Waals surface area contributed by atoms with Gasteiger partial charge >= 0.3 is 18.3 Å². The average Bonchev–Trinajstić information content (AvgIpc) is 2.73. The van der Waals surface area contributed by atoms with E-state index >= 15 is 0 Å². The van der Waals surface area contributed by atoms with E-state index in [2.05, 4.69) is 0 Å². The minimum absolute atomic E-state index is 0.111. The Morgan fingerprint density at radius 1 is 0.844 bits per heavy atom. The molecule has 32 heavy (non-hydrogen) atoms. The summed E-state index contributed by atoms with van der Waals surface area (Å²) in [6, 6.07) is 7.92. The van der Waals surface area contributed by atoms with Crippen LogP contribution in [0, 0.1) is 5.92 Å². The third-order valence-electron chi connectivity index (χ3n) is 5.00. The zero-order valence-corrected chi connectivity index (χ0v) is 17.1. The van der Waals surface area contributed by atoms with E-state index < -0.39 is 56.0 Å². The summed E-state index contributed by atoms with van der Waals surface area (Å²) < 4.78 is 110. The van der Waals surface area contributed by atoms with Crippen molar-refractivity contribution in [2.24, 2.45) is 5.92 Å². The van der Waals surface area contributed by atoms with Crippen LogP contribution in [0.25, 0.3) is 0 Å². The normalized spacial score (nSPS) is 16.7. The first-order valence-electron chi connectivity index (χ1n) is 9.36.